The molecule has 5 rings (SSSR count). The number of benzene rings is 2. The summed E-state index contributed by atoms with van der Waals surface area (Å²) in [6.45, 7) is 3.05. The van der Waals surface area contributed by atoms with Crippen LogP contribution in [0, 0.1) is 5.92 Å². The van der Waals surface area contributed by atoms with Crippen molar-refractivity contribution in [2.24, 2.45) is 5.92 Å². The van der Waals surface area contributed by atoms with Crippen molar-refractivity contribution in [3.63, 3.8) is 0 Å². The van der Waals surface area contributed by atoms with Gasteiger partial charge in [-0.15, -0.1) is 0 Å². The van der Waals surface area contributed by atoms with Crippen LogP contribution in [0.5, 0.6) is 5.75 Å². The van der Waals surface area contributed by atoms with E-state index in [-0.39, 0.29) is 5.91 Å². The van der Waals surface area contributed by atoms with Crippen LogP contribution in [0.3, 0.4) is 0 Å². The van der Waals surface area contributed by atoms with Gasteiger partial charge < -0.3 is 9.64 Å². The van der Waals surface area contributed by atoms with Crippen molar-refractivity contribution < 1.29 is 9.53 Å². The van der Waals surface area contributed by atoms with Crippen molar-refractivity contribution >= 4 is 5.91 Å². The van der Waals surface area contributed by atoms with Crippen LogP contribution >= 0.6 is 0 Å². The largest absolute Gasteiger partial charge is 0.497 e. The van der Waals surface area contributed by atoms with Gasteiger partial charge in [-0.05, 0) is 49.1 Å². The topological polar surface area (TPSA) is 32.8 Å². The molecular weight excluding hydrogens is 384 g/mol. The molecule has 3 fully saturated rings. The van der Waals surface area contributed by atoms with E-state index in [0.29, 0.717) is 17.9 Å². The Balaban J connectivity index is 1.42. The molecule has 0 aromatic heterocycles. The summed E-state index contributed by atoms with van der Waals surface area (Å²) in [6.07, 6.45) is 7.91. The van der Waals surface area contributed by atoms with E-state index in [4.69, 9.17) is 4.74 Å². The Morgan fingerprint density at radius 1 is 0.903 bits per heavy atom. The predicted octanol–water partition coefficient (Wildman–Crippen LogP) is 4.96. The summed E-state index contributed by atoms with van der Waals surface area (Å²) in [4.78, 5) is 18.4. The van der Waals surface area contributed by atoms with Crippen molar-refractivity contribution in [3.8, 4) is 5.75 Å². The Bertz CT molecular complexity index is 876. The molecule has 1 aliphatic carbocycles. The van der Waals surface area contributed by atoms with Gasteiger partial charge in [-0.25, -0.2) is 0 Å². The van der Waals surface area contributed by atoms with Crippen LogP contribution in [0.2, 0.25) is 0 Å². The van der Waals surface area contributed by atoms with Crippen LogP contribution in [0.15, 0.2) is 54.6 Å². The number of carbonyl (C=O) groups excluding carboxylic acids is 1. The highest BCUT2D eigenvalue weighted by atomic mass is 16.5. The summed E-state index contributed by atoms with van der Waals surface area (Å²) in [7, 11) is 1.71. The van der Waals surface area contributed by atoms with E-state index in [1.807, 2.05) is 30.3 Å². The van der Waals surface area contributed by atoms with Crippen molar-refractivity contribution in [2.45, 2.75) is 56.5 Å². The van der Waals surface area contributed by atoms with Crippen molar-refractivity contribution in [1.82, 2.24) is 9.80 Å². The van der Waals surface area contributed by atoms with Crippen molar-refractivity contribution in [3.05, 3.63) is 65.7 Å². The van der Waals surface area contributed by atoms with E-state index in [9.17, 15) is 4.79 Å². The first-order valence-corrected chi connectivity index (χ1v) is 12.0. The Labute approximate surface area is 186 Å². The Hall–Kier alpha value is -2.33. The van der Waals surface area contributed by atoms with Crippen LogP contribution in [0.4, 0.5) is 0 Å². The van der Waals surface area contributed by atoms with Gasteiger partial charge in [-0.2, -0.15) is 0 Å². The van der Waals surface area contributed by atoms with Crippen molar-refractivity contribution in [1.29, 1.82) is 0 Å². The highest BCUT2D eigenvalue weighted by Gasteiger charge is 2.47. The Morgan fingerprint density at radius 3 is 2.35 bits per heavy atom. The van der Waals surface area contributed by atoms with E-state index < -0.39 is 0 Å². The number of piperidine rings is 1. The van der Waals surface area contributed by atoms with Gasteiger partial charge in [0.15, 0.2) is 0 Å². The zero-order chi connectivity index (χ0) is 21.2. The number of hydrogen-bond donors (Lipinski definition) is 0. The molecule has 4 heteroatoms. The number of fused-ring (bicyclic) bond motifs is 1. The molecule has 2 aliphatic heterocycles. The maximum Gasteiger partial charge on any atom is 0.254 e. The predicted molar refractivity (Wildman–Crippen MR) is 124 cm³/mol. The Kier molecular flexibility index (Phi) is 5.99. The summed E-state index contributed by atoms with van der Waals surface area (Å²) >= 11 is 0. The first-order chi connectivity index (χ1) is 15.2. The molecule has 2 heterocycles. The number of nitrogens with zero attached hydrogens (tertiary/aromatic N) is 2. The molecule has 0 radical (unpaired) electrons. The van der Waals surface area contributed by atoms with Crippen LogP contribution in [0.25, 0.3) is 0 Å². The summed E-state index contributed by atoms with van der Waals surface area (Å²) < 4.78 is 5.38. The number of ether oxygens (including phenoxy) is 1. The molecular formula is C27H34N2O2. The number of amides is 1. The van der Waals surface area contributed by atoms with E-state index >= 15 is 0 Å². The first kappa shape index (κ1) is 20.6. The van der Waals surface area contributed by atoms with Crippen molar-refractivity contribution in [2.75, 3.05) is 26.7 Å². The molecule has 1 saturated carbocycles. The third-order valence-electron chi connectivity index (χ3n) is 7.88. The lowest BCUT2D eigenvalue weighted by Gasteiger charge is -2.43. The zero-order valence-corrected chi connectivity index (χ0v) is 18.6. The highest BCUT2D eigenvalue weighted by molar-refractivity contribution is 5.94. The zero-order valence-electron chi connectivity index (χ0n) is 18.6. The monoisotopic (exact) mass is 418 g/mol. The van der Waals surface area contributed by atoms with Crippen LogP contribution in [0.1, 0.15) is 60.4 Å². The maximum absolute atomic E-state index is 13.5. The highest BCUT2D eigenvalue weighted by Crippen LogP contribution is 2.43. The number of likely N-dealkylation sites (tertiary alicyclic amines) is 2. The lowest BCUT2D eigenvalue weighted by atomic mass is 9.80. The summed E-state index contributed by atoms with van der Waals surface area (Å²) in [5.41, 5.74) is 2.15. The number of rotatable bonds is 4. The molecule has 0 spiro atoms. The van der Waals surface area contributed by atoms with Gasteiger partial charge in [-0.3, -0.25) is 9.69 Å². The second kappa shape index (κ2) is 9.04. The summed E-state index contributed by atoms with van der Waals surface area (Å²) in [5, 5.41) is 0. The third kappa shape index (κ3) is 4.10. The second-order valence-corrected chi connectivity index (χ2v) is 9.51. The van der Waals surface area contributed by atoms with Crippen LogP contribution in [-0.4, -0.2) is 54.5 Å². The van der Waals surface area contributed by atoms with Gasteiger partial charge in [0, 0.05) is 49.1 Å². The third-order valence-corrected chi connectivity index (χ3v) is 7.88. The minimum atomic E-state index is 0.192. The molecule has 3 atom stereocenters. The quantitative estimate of drug-likeness (QED) is 0.704. The molecule has 1 amide bonds. The molecule has 4 nitrogen and oxygen atoms in total. The minimum Gasteiger partial charge on any atom is -0.497 e. The SMILES string of the molecule is COc1ccc([C@H]2CN(C(=O)c3ccccc3)[C@@H]3CCN(C4CCCCC4)C[C@H]23)cc1. The molecule has 164 valence electrons. The maximum atomic E-state index is 13.5. The van der Waals surface area contributed by atoms with Crippen LogP contribution < -0.4 is 4.74 Å². The fourth-order valence-electron chi connectivity index (χ4n) is 6.22. The van der Waals surface area contributed by atoms with Gasteiger partial charge in [0.2, 0.25) is 0 Å². The van der Waals surface area contributed by atoms with Gasteiger partial charge >= 0.3 is 0 Å². The number of methoxy groups -OCH3 is 1. The summed E-state index contributed by atoms with van der Waals surface area (Å²) in [6, 6.07) is 19.4. The van der Waals surface area contributed by atoms with Gasteiger partial charge in [0.25, 0.3) is 5.91 Å². The average molecular weight is 419 g/mol. The van der Waals surface area contributed by atoms with Crippen LogP contribution in [-0.2, 0) is 0 Å². The van der Waals surface area contributed by atoms with Gasteiger partial charge in [0.05, 0.1) is 7.11 Å². The first-order valence-electron chi connectivity index (χ1n) is 12.0. The normalized spacial score (nSPS) is 27.1. The molecule has 0 bridgehead atoms. The molecule has 2 aromatic carbocycles. The molecule has 0 N–H and O–H groups in total. The van der Waals surface area contributed by atoms with E-state index in [1.165, 1.54) is 37.7 Å². The fraction of sp³-hybridized carbons (Fsp3) is 0.519. The second-order valence-electron chi connectivity index (χ2n) is 9.51. The molecule has 0 unspecified atom stereocenters. The number of hydrogen-bond acceptors (Lipinski definition) is 3. The Morgan fingerprint density at radius 2 is 1.65 bits per heavy atom. The van der Waals surface area contributed by atoms with E-state index in [1.54, 1.807) is 7.11 Å². The fourth-order valence-corrected chi connectivity index (χ4v) is 6.22. The molecule has 2 aromatic rings. The molecule has 31 heavy (non-hydrogen) atoms. The number of carbonyl (C=O) groups is 1. The lowest BCUT2D eigenvalue weighted by Crippen LogP contribution is -2.51. The van der Waals surface area contributed by atoms with Gasteiger partial charge in [-0.1, -0.05) is 49.6 Å². The minimum absolute atomic E-state index is 0.192. The standard InChI is InChI=1S/C27H34N2O2/c1-31-23-14-12-20(13-15-23)24-19-29(27(30)21-8-4-2-5-9-21)26-16-17-28(18-25(24)26)22-10-6-3-7-11-22/h2,4-5,8-9,12-15,22,24-26H,3,6-7,10-11,16-19H2,1H3/t24-,25-,26-/m1/s1. The smallest absolute Gasteiger partial charge is 0.254 e. The average Bonchev–Trinajstić information content (AvgIpc) is 3.23. The lowest BCUT2D eigenvalue weighted by molar-refractivity contribution is 0.0495. The molecule has 2 saturated heterocycles. The van der Waals surface area contributed by atoms with E-state index in [2.05, 4.69) is 34.1 Å². The van der Waals surface area contributed by atoms with E-state index in [0.717, 1.165) is 43.4 Å². The molecule has 3 aliphatic rings. The van der Waals surface area contributed by atoms with Gasteiger partial charge in [0.1, 0.15) is 5.75 Å². The summed E-state index contributed by atoms with van der Waals surface area (Å²) in [5.74, 6) is 1.97.